The lowest BCUT2D eigenvalue weighted by Crippen LogP contribution is -2.50. The van der Waals surface area contributed by atoms with E-state index in [0.717, 1.165) is 0 Å². The molecule has 1 aliphatic heterocycles. The molecule has 2 aromatic rings. The second kappa shape index (κ2) is 7.86. The molecule has 0 saturated carbocycles. The monoisotopic (exact) mass is 420 g/mol. The lowest BCUT2D eigenvalue weighted by atomic mass is 10.1. The second-order valence-electron chi connectivity index (χ2n) is 5.95. The third-order valence-electron chi connectivity index (χ3n) is 4.34. The first kappa shape index (κ1) is 18.4. The van der Waals surface area contributed by atoms with Gasteiger partial charge >= 0.3 is 0 Å². The first-order valence-corrected chi connectivity index (χ1v) is 8.96. The molecule has 7 heteroatoms. The van der Waals surface area contributed by atoms with E-state index < -0.39 is 5.82 Å². The minimum absolute atomic E-state index is 0.0920. The number of rotatable bonds is 3. The first-order chi connectivity index (χ1) is 12.5. The van der Waals surface area contributed by atoms with E-state index in [4.69, 9.17) is 4.74 Å². The van der Waals surface area contributed by atoms with Crippen molar-refractivity contribution < 1.29 is 18.7 Å². The van der Waals surface area contributed by atoms with Crippen LogP contribution >= 0.6 is 15.9 Å². The SMILES string of the molecule is COc1cccc(C(=O)N2CCN(C(=O)c3ccc(Br)c(F)c3)CC2)c1. The Morgan fingerprint density at radius 2 is 1.54 bits per heavy atom. The van der Waals surface area contributed by atoms with Crippen LogP contribution in [0.2, 0.25) is 0 Å². The average molecular weight is 421 g/mol. The van der Waals surface area contributed by atoms with Crippen LogP contribution in [0, 0.1) is 5.82 Å². The standard InChI is InChI=1S/C19H18BrFN2O3/c1-26-15-4-2-3-13(11-15)18(24)22-7-9-23(10-8-22)19(25)14-5-6-16(20)17(21)12-14/h2-6,11-12H,7-10H2,1H3. The summed E-state index contributed by atoms with van der Waals surface area (Å²) in [5.74, 6) is -0.166. The number of carbonyl (C=O) groups excluding carboxylic acids is 2. The number of methoxy groups -OCH3 is 1. The van der Waals surface area contributed by atoms with Crippen LogP contribution in [-0.2, 0) is 0 Å². The molecule has 1 heterocycles. The highest BCUT2D eigenvalue weighted by Crippen LogP contribution is 2.19. The summed E-state index contributed by atoms with van der Waals surface area (Å²) in [6.45, 7) is 1.68. The number of hydrogen-bond acceptors (Lipinski definition) is 3. The van der Waals surface area contributed by atoms with Crippen LogP contribution in [0.4, 0.5) is 4.39 Å². The molecule has 0 aliphatic carbocycles. The van der Waals surface area contributed by atoms with Crippen LogP contribution in [0.1, 0.15) is 20.7 Å². The van der Waals surface area contributed by atoms with Gasteiger partial charge in [-0.15, -0.1) is 0 Å². The zero-order chi connectivity index (χ0) is 18.7. The third-order valence-corrected chi connectivity index (χ3v) is 4.98. The van der Waals surface area contributed by atoms with Crippen LogP contribution in [0.3, 0.4) is 0 Å². The molecule has 0 unspecified atom stereocenters. The van der Waals surface area contributed by atoms with Crippen LogP contribution in [0.25, 0.3) is 0 Å². The maximum Gasteiger partial charge on any atom is 0.254 e. The molecule has 26 heavy (non-hydrogen) atoms. The molecular weight excluding hydrogens is 403 g/mol. The van der Waals surface area contributed by atoms with Gasteiger partial charge in [0.2, 0.25) is 0 Å². The molecule has 1 aliphatic rings. The Hall–Kier alpha value is -2.41. The van der Waals surface area contributed by atoms with Gasteiger partial charge in [-0.05, 0) is 52.3 Å². The summed E-state index contributed by atoms with van der Waals surface area (Å²) in [6, 6.07) is 11.3. The lowest BCUT2D eigenvalue weighted by molar-refractivity contribution is 0.0535. The van der Waals surface area contributed by atoms with E-state index >= 15 is 0 Å². The maximum atomic E-state index is 13.6. The van der Waals surface area contributed by atoms with E-state index in [1.54, 1.807) is 47.2 Å². The molecule has 0 bridgehead atoms. The molecule has 0 aromatic heterocycles. The van der Waals surface area contributed by atoms with Crippen molar-refractivity contribution in [1.29, 1.82) is 0 Å². The van der Waals surface area contributed by atoms with Gasteiger partial charge < -0.3 is 14.5 Å². The molecule has 0 radical (unpaired) electrons. The molecule has 136 valence electrons. The van der Waals surface area contributed by atoms with Crippen LogP contribution in [0.15, 0.2) is 46.9 Å². The number of benzene rings is 2. The Bertz CT molecular complexity index is 835. The number of ether oxygens (including phenoxy) is 1. The number of halogens is 2. The van der Waals surface area contributed by atoms with Crippen molar-refractivity contribution in [2.24, 2.45) is 0 Å². The summed E-state index contributed by atoms with van der Waals surface area (Å²) in [7, 11) is 1.55. The number of carbonyl (C=O) groups is 2. The van der Waals surface area contributed by atoms with Crippen molar-refractivity contribution in [3.05, 3.63) is 63.9 Å². The highest BCUT2D eigenvalue weighted by atomic mass is 79.9. The van der Waals surface area contributed by atoms with Gasteiger partial charge in [-0.25, -0.2) is 4.39 Å². The zero-order valence-electron chi connectivity index (χ0n) is 14.2. The molecule has 0 spiro atoms. The zero-order valence-corrected chi connectivity index (χ0v) is 15.8. The molecule has 1 saturated heterocycles. The summed E-state index contributed by atoms with van der Waals surface area (Å²) >= 11 is 3.08. The van der Waals surface area contributed by atoms with Crippen LogP contribution in [-0.4, -0.2) is 54.9 Å². The molecule has 3 rings (SSSR count). The van der Waals surface area contributed by atoms with Gasteiger partial charge in [0.05, 0.1) is 11.6 Å². The second-order valence-corrected chi connectivity index (χ2v) is 6.80. The fraction of sp³-hybridized carbons (Fsp3) is 0.263. The van der Waals surface area contributed by atoms with Gasteiger partial charge in [-0.3, -0.25) is 9.59 Å². The quantitative estimate of drug-likeness (QED) is 0.765. The molecule has 2 aromatic carbocycles. The number of amides is 2. The third kappa shape index (κ3) is 3.88. The molecule has 1 fully saturated rings. The minimum Gasteiger partial charge on any atom is -0.497 e. The molecule has 0 N–H and O–H groups in total. The molecule has 0 atom stereocenters. The Balaban J connectivity index is 1.64. The molecule has 2 amide bonds. The lowest BCUT2D eigenvalue weighted by Gasteiger charge is -2.35. The van der Waals surface area contributed by atoms with Gasteiger partial charge in [-0.2, -0.15) is 0 Å². The highest BCUT2D eigenvalue weighted by molar-refractivity contribution is 9.10. The minimum atomic E-state index is -0.470. The van der Waals surface area contributed by atoms with E-state index in [9.17, 15) is 14.0 Å². The van der Waals surface area contributed by atoms with E-state index in [0.29, 0.717) is 47.5 Å². The summed E-state index contributed by atoms with van der Waals surface area (Å²) in [5, 5.41) is 0. The van der Waals surface area contributed by atoms with E-state index in [1.165, 1.54) is 12.1 Å². The van der Waals surface area contributed by atoms with Gasteiger partial charge in [-0.1, -0.05) is 6.07 Å². The smallest absolute Gasteiger partial charge is 0.254 e. The van der Waals surface area contributed by atoms with E-state index in [-0.39, 0.29) is 11.8 Å². The first-order valence-electron chi connectivity index (χ1n) is 8.17. The van der Waals surface area contributed by atoms with Crippen molar-refractivity contribution in [3.8, 4) is 5.75 Å². The highest BCUT2D eigenvalue weighted by Gasteiger charge is 2.26. The van der Waals surface area contributed by atoms with Gasteiger partial charge in [0, 0.05) is 37.3 Å². The number of nitrogens with zero attached hydrogens (tertiary/aromatic N) is 2. The van der Waals surface area contributed by atoms with Gasteiger partial charge in [0.25, 0.3) is 11.8 Å². The summed E-state index contributed by atoms with van der Waals surface area (Å²) < 4.78 is 19.1. The van der Waals surface area contributed by atoms with Gasteiger partial charge in [0.15, 0.2) is 0 Å². The number of piperazine rings is 1. The Morgan fingerprint density at radius 1 is 0.962 bits per heavy atom. The normalized spacial score (nSPS) is 14.3. The largest absolute Gasteiger partial charge is 0.497 e. The Kier molecular flexibility index (Phi) is 5.56. The topological polar surface area (TPSA) is 49.9 Å². The fourth-order valence-electron chi connectivity index (χ4n) is 2.86. The Labute approximate surface area is 159 Å². The van der Waals surface area contributed by atoms with Crippen molar-refractivity contribution in [2.45, 2.75) is 0 Å². The van der Waals surface area contributed by atoms with Gasteiger partial charge in [0.1, 0.15) is 11.6 Å². The van der Waals surface area contributed by atoms with Crippen molar-refractivity contribution >= 4 is 27.7 Å². The van der Waals surface area contributed by atoms with Crippen molar-refractivity contribution in [3.63, 3.8) is 0 Å². The van der Waals surface area contributed by atoms with E-state index in [1.807, 2.05) is 0 Å². The molecular formula is C19H18BrFN2O3. The summed E-state index contributed by atoms with van der Waals surface area (Å²) in [4.78, 5) is 28.5. The maximum absolute atomic E-state index is 13.6. The molecule has 5 nitrogen and oxygen atoms in total. The number of hydrogen-bond donors (Lipinski definition) is 0. The van der Waals surface area contributed by atoms with Crippen molar-refractivity contribution in [2.75, 3.05) is 33.3 Å². The van der Waals surface area contributed by atoms with Crippen LogP contribution < -0.4 is 4.74 Å². The van der Waals surface area contributed by atoms with Crippen molar-refractivity contribution in [1.82, 2.24) is 9.80 Å². The predicted octanol–water partition coefficient (Wildman–Crippen LogP) is 3.20. The van der Waals surface area contributed by atoms with E-state index in [2.05, 4.69) is 15.9 Å². The summed E-state index contributed by atoms with van der Waals surface area (Å²) in [6.07, 6.45) is 0. The fourth-order valence-corrected chi connectivity index (χ4v) is 3.11. The summed E-state index contributed by atoms with van der Waals surface area (Å²) in [5.41, 5.74) is 0.859. The average Bonchev–Trinajstić information content (AvgIpc) is 2.69. The predicted molar refractivity (Wildman–Crippen MR) is 98.9 cm³/mol. The Morgan fingerprint density at radius 3 is 2.08 bits per heavy atom. The van der Waals surface area contributed by atoms with Crippen LogP contribution in [0.5, 0.6) is 5.75 Å².